The number of ketones is 1. The van der Waals surface area contributed by atoms with Crippen LogP contribution in [0.1, 0.15) is 49.2 Å². The largest absolute Gasteiger partial charge is 0.495 e. The molecule has 1 aliphatic rings. The first-order valence-electron chi connectivity index (χ1n) is 9.62. The molecule has 0 N–H and O–H groups in total. The molecule has 0 bridgehead atoms. The normalized spacial score (nSPS) is 14.5. The zero-order valence-corrected chi connectivity index (χ0v) is 18.4. The summed E-state index contributed by atoms with van der Waals surface area (Å²) >= 11 is 0. The Morgan fingerprint density at radius 3 is 2.27 bits per heavy atom. The molecule has 0 radical (unpaired) electrons. The quantitative estimate of drug-likeness (QED) is 0.609. The highest BCUT2D eigenvalue weighted by Crippen LogP contribution is 2.43. The van der Waals surface area contributed by atoms with E-state index in [1.165, 1.54) is 21.3 Å². The molecule has 2 aromatic rings. The van der Waals surface area contributed by atoms with E-state index in [9.17, 15) is 4.79 Å². The van der Waals surface area contributed by atoms with Crippen molar-refractivity contribution < 1.29 is 28.1 Å². The van der Waals surface area contributed by atoms with Crippen LogP contribution in [-0.2, 0) is 5.41 Å². The minimum absolute atomic E-state index is 0.0353. The summed E-state index contributed by atoms with van der Waals surface area (Å²) in [4.78, 5) is 13.6. The smallest absolute Gasteiger partial charge is 0.197 e. The molecular formula is C24H27FO5. The van der Waals surface area contributed by atoms with Crippen molar-refractivity contribution in [2.24, 2.45) is 0 Å². The fourth-order valence-electron chi connectivity index (χ4n) is 3.66. The van der Waals surface area contributed by atoms with Gasteiger partial charge in [0.25, 0.3) is 0 Å². The van der Waals surface area contributed by atoms with Gasteiger partial charge in [0.1, 0.15) is 17.1 Å². The van der Waals surface area contributed by atoms with Gasteiger partial charge < -0.3 is 18.9 Å². The number of rotatable bonds is 6. The van der Waals surface area contributed by atoms with Gasteiger partial charge in [0.2, 0.25) is 0 Å². The lowest BCUT2D eigenvalue weighted by Gasteiger charge is -2.30. The van der Waals surface area contributed by atoms with Crippen molar-refractivity contribution in [1.82, 2.24) is 0 Å². The average Bonchev–Trinajstić information content (AvgIpc) is 2.70. The highest BCUT2D eigenvalue weighted by atomic mass is 19.1. The van der Waals surface area contributed by atoms with Gasteiger partial charge in [-0.25, -0.2) is 4.39 Å². The zero-order valence-electron chi connectivity index (χ0n) is 18.4. The second-order valence-electron chi connectivity index (χ2n) is 8.21. The van der Waals surface area contributed by atoms with E-state index < -0.39 is 16.8 Å². The predicted molar refractivity (Wildman–Crippen MR) is 114 cm³/mol. The van der Waals surface area contributed by atoms with Gasteiger partial charge in [-0.2, -0.15) is 0 Å². The highest BCUT2D eigenvalue weighted by Gasteiger charge is 2.38. The van der Waals surface area contributed by atoms with Gasteiger partial charge in [-0.15, -0.1) is 0 Å². The van der Waals surface area contributed by atoms with E-state index in [0.29, 0.717) is 22.6 Å². The summed E-state index contributed by atoms with van der Waals surface area (Å²) in [6, 6.07) is 6.55. The lowest BCUT2D eigenvalue weighted by atomic mass is 9.77. The number of ether oxygens (including phenoxy) is 4. The summed E-state index contributed by atoms with van der Waals surface area (Å²) in [6.07, 6.45) is 3.80. The monoisotopic (exact) mass is 414 g/mol. The maximum Gasteiger partial charge on any atom is 0.197 e. The molecule has 0 saturated carbocycles. The summed E-state index contributed by atoms with van der Waals surface area (Å²) in [5.74, 6) is 0.345. The lowest BCUT2D eigenvalue weighted by molar-refractivity contribution is 0.0902. The van der Waals surface area contributed by atoms with Gasteiger partial charge in [0, 0.05) is 5.56 Å². The molecular weight excluding hydrogens is 387 g/mol. The van der Waals surface area contributed by atoms with Crippen molar-refractivity contribution in [3.8, 4) is 23.0 Å². The van der Waals surface area contributed by atoms with E-state index in [1.54, 1.807) is 38.1 Å². The number of Topliss-reactive ketones (excluding diaryl/α,β-unsaturated/α-hetero) is 1. The van der Waals surface area contributed by atoms with E-state index in [4.69, 9.17) is 18.9 Å². The molecule has 30 heavy (non-hydrogen) atoms. The van der Waals surface area contributed by atoms with Gasteiger partial charge >= 0.3 is 0 Å². The van der Waals surface area contributed by atoms with Crippen molar-refractivity contribution in [3.05, 3.63) is 52.8 Å². The molecule has 0 aromatic heterocycles. The number of benzene rings is 2. The molecule has 0 amide bonds. The summed E-state index contributed by atoms with van der Waals surface area (Å²) < 4.78 is 37.1. The van der Waals surface area contributed by atoms with E-state index in [1.807, 2.05) is 26.0 Å². The molecule has 0 spiro atoms. The number of carbonyl (C=O) groups excluding carboxylic acids is 1. The molecule has 3 rings (SSSR count). The number of hydrogen-bond donors (Lipinski definition) is 0. The van der Waals surface area contributed by atoms with Crippen molar-refractivity contribution in [2.45, 2.75) is 38.7 Å². The molecule has 0 saturated heterocycles. The third-order valence-corrected chi connectivity index (χ3v) is 5.36. The number of methoxy groups -OCH3 is 3. The predicted octanol–water partition coefficient (Wildman–Crippen LogP) is 5.20. The van der Waals surface area contributed by atoms with Gasteiger partial charge in [0.05, 0.1) is 37.9 Å². The van der Waals surface area contributed by atoms with Crippen molar-refractivity contribution in [3.63, 3.8) is 0 Å². The van der Waals surface area contributed by atoms with Crippen LogP contribution in [0.3, 0.4) is 0 Å². The minimum atomic E-state index is -1.19. The first-order chi connectivity index (χ1) is 14.1. The van der Waals surface area contributed by atoms with Crippen LogP contribution in [0.25, 0.3) is 6.08 Å². The first-order valence-corrected chi connectivity index (χ1v) is 9.62. The second kappa shape index (κ2) is 7.67. The molecule has 0 unspecified atom stereocenters. The van der Waals surface area contributed by atoms with Crippen LogP contribution in [-0.4, -0.2) is 32.7 Å². The Bertz CT molecular complexity index is 1020. The molecule has 1 heterocycles. The van der Waals surface area contributed by atoms with Gasteiger partial charge in [-0.3, -0.25) is 4.79 Å². The lowest BCUT2D eigenvalue weighted by Crippen LogP contribution is -2.31. The second-order valence-corrected chi connectivity index (χ2v) is 8.21. The van der Waals surface area contributed by atoms with Crippen LogP contribution in [0.2, 0.25) is 0 Å². The van der Waals surface area contributed by atoms with Crippen LogP contribution in [0, 0.1) is 5.82 Å². The molecule has 0 fully saturated rings. The summed E-state index contributed by atoms with van der Waals surface area (Å²) in [6.45, 7) is 7.24. The summed E-state index contributed by atoms with van der Waals surface area (Å²) in [7, 11) is 4.30. The third-order valence-electron chi connectivity index (χ3n) is 5.36. The standard InChI is InChI=1S/C24H27FO5/c1-23(2)13-12-14-17(30-23)10-8-15(20(14)28-6)22(26)24(3,4)16-9-11-18(27-5)21(29-7)19(16)25/h8-13H,1-7H3. The maximum absolute atomic E-state index is 15.2. The van der Waals surface area contributed by atoms with E-state index in [0.717, 1.165) is 0 Å². The van der Waals surface area contributed by atoms with E-state index >= 15 is 4.39 Å². The fourth-order valence-corrected chi connectivity index (χ4v) is 3.66. The topological polar surface area (TPSA) is 54.0 Å². The Morgan fingerprint density at radius 2 is 1.67 bits per heavy atom. The Morgan fingerprint density at radius 1 is 1.00 bits per heavy atom. The number of hydrogen-bond acceptors (Lipinski definition) is 5. The van der Waals surface area contributed by atoms with Crippen molar-refractivity contribution >= 4 is 11.9 Å². The van der Waals surface area contributed by atoms with Crippen LogP contribution in [0.15, 0.2) is 30.3 Å². The van der Waals surface area contributed by atoms with Crippen LogP contribution in [0.5, 0.6) is 23.0 Å². The van der Waals surface area contributed by atoms with Crippen LogP contribution in [0.4, 0.5) is 4.39 Å². The molecule has 0 aliphatic carbocycles. The van der Waals surface area contributed by atoms with E-state index in [2.05, 4.69) is 0 Å². The molecule has 0 atom stereocenters. The highest BCUT2D eigenvalue weighted by molar-refractivity contribution is 6.06. The van der Waals surface area contributed by atoms with Gasteiger partial charge in [-0.1, -0.05) is 6.07 Å². The first kappa shape index (κ1) is 21.7. The van der Waals surface area contributed by atoms with Crippen molar-refractivity contribution in [1.29, 1.82) is 0 Å². The molecule has 2 aromatic carbocycles. The third kappa shape index (κ3) is 3.51. The van der Waals surface area contributed by atoms with E-state index in [-0.39, 0.29) is 22.8 Å². The molecule has 1 aliphatic heterocycles. The maximum atomic E-state index is 15.2. The average molecular weight is 414 g/mol. The molecule has 160 valence electrons. The van der Waals surface area contributed by atoms with Crippen LogP contribution < -0.4 is 18.9 Å². The number of halogens is 1. The van der Waals surface area contributed by atoms with Gasteiger partial charge in [0.15, 0.2) is 23.1 Å². The molecule has 5 nitrogen and oxygen atoms in total. The zero-order chi connectivity index (χ0) is 22.3. The molecule has 6 heteroatoms. The Labute approximate surface area is 176 Å². The Balaban J connectivity index is 2.11. The van der Waals surface area contributed by atoms with Gasteiger partial charge in [-0.05, 0) is 58.0 Å². The van der Waals surface area contributed by atoms with Crippen LogP contribution >= 0.6 is 0 Å². The summed E-state index contributed by atoms with van der Waals surface area (Å²) in [5, 5.41) is 0. The number of carbonyl (C=O) groups is 1. The Kier molecular flexibility index (Phi) is 5.54. The minimum Gasteiger partial charge on any atom is -0.495 e. The fraction of sp³-hybridized carbons (Fsp3) is 0.375. The Hall–Kier alpha value is -3.02. The number of fused-ring (bicyclic) bond motifs is 1. The SMILES string of the molecule is COc1ccc(C(C)(C)C(=O)c2ccc3c(c2OC)C=CC(C)(C)O3)c(F)c1OC. The summed E-state index contributed by atoms with van der Waals surface area (Å²) in [5.41, 5.74) is -0.401. The van der Waals surface area contributed by atoms with Crippen molar-refractivity contribution in [2.75, 3.05) is 21.3 Å².